The molecule has 0 aliphatic rings. The quantitative estimate of drug-likeness (QED) is 0.453. The second kappa shape index (κ2) is 6.62. The van der Waals surface area contributed by atoms with Crippen molar-refractivity contribution in [1.29, 1.82) is 0 Å². The van der Waals surface area contributed by atoms with E-state index in [0.717, 1.165) is 0 Å². The molecule has 0 atom stereocenters. The van der Waals surface area contributed by atoms with E-state index in [1.807, 2.05) is 0 Å². The summed E-state index contributed by atoms with van der Waals surface area (Å²) in [6, 6.07) is 1.26. The van der Waals surface area contributed by atoms with Gasteiger partial charge in [-0.2, -0.15) is 0 Å². The number of carbonyl (C=O) groups is 1. The highest BCUT2D eigenvalue weighted by Crippen LogP contribution is 2.24. The minimum absolute atomic E-state index is 0.0209. The molecule has 0 aromatic heterocycles. The fourth-order valence-electron chi connectivity index (χ4n) is 1.45. The van der Waals surface area contributed by atoms with Crippen molar-refractivity contribution in [1.82, 2.24) is 0 Å². The molecule has 0 fully saturated rings. The van der Waals surface area contributed by atoms with Gasteiger partial charge in [-0.05, 0) is 12.8 Å². The van der Waals surface area contributed by atoms with Crippen molar-refractivity contribution >= 4 is 17.3 Å². The number of nitrogens with zero attached hydrogens (tertiary/aromatic N) is 1. The Kier molecular flexibility index (Phi) is 5.16. The molecule has 1 aromatic rings. The Labute approximate surface area is 107 Å². The molecule has 104 valence electrons. The highest BCUT2D eigenvalue weighted by atomic mass is 19.1. The van der Waals surface area contributed by atoms with Gasteiger partial charge >= 0.3 is 5.97 Å². The van der Waals surface area contributed by atoms with Crippen LogP contribution in [0.5, 0.6) is 0 Å². The van der Waals surface area contributed by atoms with Gasteiger partial charge in [0.1, 0.15) is 5.69 Å². The predicted octanol–water partition coefficient (Wildman–Crippen LogP) is 2.54. The highest BCUT2D eigenvalue weighted by Gasteiger charge is 2.16. The number of halogens is 2. The molecular formula is C11H12F2N2O4. The number of carboxylic acid groups (broad SMARTS) is 1. The Morgan fingerprint density at radius 1 is 1.32 bits per heavy atom. The van der Waals surface area contributed by atoms with E-state index in [1.54, 1.807) is 0 Å². The first-order valence-corrected chi connectivity index (χ1v) is 5.51. The fraction of sp³-hybridized carbons (Fsp3) is 0.364. The van der Waals surface area contributed by atoms with E-state index in [0.29, 0.717) is 25.0 Å². The van der Waals surface area contributed by atoms with Gasteiger partial charge in [0.25, 0.3) is 5.69 Å². The molecular weight excluding hydrogens is 262 g/mol. The number of nitrogens with one attached hydrogen (secondary N) is 1. The third-order valence-electron chi connectivity index (χ3n) is 2.36. The van der Waals surface area contributed by atoms with Crippen LogP contribution in [0.4, 0.5) is 20.2 Å². The van der Waals surface area contributed by atoms with Crippen molar-refractivity contribution in [3.05, 3.63) is 33.9 Å². The second-order valence-electron chi connectivity index (χ2n) is 3.82. The standard InChI is InChI=1S/C11H12F2N2O4/c12-8-5-7(15(18)19)6-9(13)11(8)14-4-2-1-3-10(16)17/h5-6,14H,1-4H2,(H,16,17). The highest BCUT2D eigenvalue weighted by molar-refractivity contribution is 5.66. The number of carboxylic acids is 1. The van der Waals surface area contributed by atoms with E-state index in [-0.39, 0.29) is 13.0 Å². The summed E-state index contributed by atoms with van der Waals surface area (Å²) in [6.07, 6.45) is 0.771. The zero-order valence-corrected chi connectivity index (χ0v) is 9.86. The van der Waals surface area contributed by atoms with Crippen LogP contribution in [0.2, 0.25) is 0 Å². The van der Waals surface area contributed by atoms with Gasteiger partial charge in [-0.15, -0.1) is 0 Å². The third kappa shape index (κ3) is 4.49. The Morgan fingerprint density at radius 3 is 2.37 bits per heavy atom. The van der Waals surface area contributed by atoms with Crippen molar-refractivity contribution in [2.45, 2.75) is 19.3 Å². The van der Waals surface area contributed by atoms with E-state index in [2.05, 4.69) is 5.32 Å². The van der Waals surface area contributed by atoms with Crippen molar-refractivity contribution in [3.63, 3.8) is 0 Å². The lowest BCUT2D eigenvalue weighted by atomic mass is 10.2. The van der Waals surface area contributed by atoms with Gasteiger partial charge in [-0.1, -0.05) is 0 Å². The number of rotatable bonds is 7. The molecule has 0 aliphatic heterocycles. The zero-order chi connectivity index (χ0) is 14.4. The molecule has 0 saturated heterocycles. The number of non-ortho nitro benzene ring substituents is 1. The number of aliphatic carboxylic acids is 1. The maximum atomic E-state index is 13.4. The van der Waals surface area contributed by atoms with Crippen molar-refractivity contribution in [2.75, 3.05) is 11.9 Å². The van der Waals surface area contributed by atoms with Crippen LogP contribution < -0.4 is 5.32 Å². The molecule has 0 amide bonds. The topological polar surface area (TPSA) is 92.5 Å². The van der Waals surface area contributed by atoms with Gasteiger partial charge in [0.2, 0.25) is 0 Å². The first-order chi connectivity index (χ1) is 8.91. The first-order valence-electron chi connectivity index (χ1n) is 5.51. The summed E-state index contributed by atoms with van der Waals surface area (Å²) < 4.78 is 26.8. The summed E-state index contributed by atoms with van der Waals surface area (Å²) >= 11 is 0. The van der Waals surface area contributed by atoms with Crippen LogP contribution in [-0.2, 0) is 4.79 Å². The van der Waals surface area contributed by atoms with Crippen molar-refractivity contribution in [3.8, 4) is 0 Å². The van der Waals surface area contributed by atoms with E-state index >= 15 is 0 Å². The number of benzene rings is 1. The Morgan fingerprint density at radius 2 is 1.89 bits per heavy atom. The van der Waals surface area contributed by atoms with Gasteiger partial charge in [0, 0.05) is 13.0 Å². The predicted molar refractivity (Wildman–Crippen MR) is 63.0 cm³/mol. The molecule has 8 heteroatoms. The maximum absolute atomic E-state index is 13.4. The van der Waals surface area contributed by atoms with Crippen LogP contribution in [0.25, 0.3) is 0 Å². The lowest BCUT2D eigenvalue weighted by Crippen LogP contribution is -2.07. The molecule has 19 heavy (non-hydrogen) atoms. The van der Waals surface area contributed by atoms with Crippen molar-refractivity contribution < 1.29 is 23.6 Å². The largest absolute Gasteiger partial charge is 0.481 e. The van der Waals surface area contributed by atoms with Gasteiger partial charge in [-0.25, -0.2) is 8.78 Å². The van der Waals surface area contributed by atoms with Crippen molar-refractivity contribution in [2.24, 2.45) is 0 Å². The molecule has 0 heterocycles. The zero-order valence-electron chi connectivity index (χ0n) is 9.86. The Bertz CT molecular complexity index is 471. The maximum Gasteiger partial charge on any atom is 0.303 e. The van der Waals surface area contributed by atoms with Crippen LogP contribution in [0.1, 0.15) is 19.3 Å². The minimum Gasteiger partial charge on any atom is -0.481 e. The Balaban J connectivity index is 2.59. The van der Waals surface area contributed by atoms with Crippen LogP contribution >= 0.6 is 0 Å². The van der Waals surface area contributed by atoms with E-state index < -0.39 is 33.9 Å². The molecule has 0 saturated carbocycles. The number of nitro benzene ring substituents is 1. The van der Waals surface area contributed by atoms with Crippen LogP contribution in [-0.4, -0.2) is 22.5 Å². The Hall–Kier alpha value is -2.25. The average Bonchev–Trinajstić information content (AvgIpc) is 2.30. The monoisotopic (exact) mass is 274 g/mol. The van der Waals surface area contributed by atoms with Gasteiger partial charge < -0.3 is 10.4 Å². The van der Waals surface area contributed by atoms with E-state index in [1.165, 1.54) is 0 Å². The molecule has 1 aromatic carbocycles. The summed E-state index contributed by atoms with van der Waals surface area (Å²) in [5, 5.41) is 21.2. The van der Waals surface area contributed by atoms with Gasteiger partial charge in [0.15, 0.2) is 11.6 Å². The van der Waals surface area contributed by atoms with E-state index in [9.17, 15) is 23.7 Å². The van der Waals surface area contributed by atoms with Gasteiger partial charge in [0.05, 0.1) is 17.1 Å². The molecule has 0 bridgehead atoms. The molecule has 2 N–H and O–H groups in total. The van der Waals surface area contributed by atoms with E-state index in [4.69, 9.17) is 5.11 Å². The van der Waals surface area contributed by atoms with Crippen LogP contribution in [0.15, 0.2) is 12.1 Å². The summed E-state index contributed by atoms with van der Waals surface area (Å²) in [7, 11) is 0. The third-order valence-corrected chi connectivity index (χ3v) is 2.36. The lowest BCUT2D eigenvalue weighted by molar-refractivity contribution is -0.385. The molecule has 6 nitrogen and oxygen atoms in total. The number of unbranched alkanes of at least 4 members (excludes halogenated alkanes) is 1. The smallest absolute Gasteiger partial charge is 0.303 e. The molecule has 0 spiro atoms. The summed E-state index contributed by atoms with van der Waals surface area (Å²) in [5.74, 6) is -3.04. The summed E-state index contributed by atoms with van der Waals surface area (Å²) in [6.45, 7) is 0.179. The average molecular weight is 274 g/mol. The summed E-state index contributed by atoms with van der Waals surface area (Å²) in [4.78, 5) is 19.7. The van der Waals surface area contributed by atoms with Gasteiger partial charge in [-0.3, -0.25) is 14.9 Å². The number of hydrogen-bond acceptors (Lipinski definition) is 4. The molecule has 1 rings (SSSR count). The molecule has 0 radical (unpaired) electrons. The fourth-order valence-corrected chi connectivity index (χ4v) is 1.45. The molecule has 0 aliphatic carbocycles. The minimum atomic E-state index is -1.05. The number of hydrogen-bond donors (Lipinski definition) is 2. The number of nitro groups is 1. The van der Waals surface area contributed by atoms with Crippen LogP contribution in [0, 0.1) is 21.7 Å². The molecule has 0 unspecified atom stereocenters. The number of anilines is 1. The lowest BCUT2D eigenvalue weighted by Gasteiger charge is -2.08. The second-order valence-corrected chi connectivity index (χ2v) is 3.82. The SMILES string of the molecule is O=C(O)CCCCNc1c(F)cc([N+](=O)[O-])cc1F. The summed E-state index contributed by atoms with van der Waals surface area (Å²) in [5.41, 5.74) is -1.10. The van der Waals surface area contributed by atoms with Crippen LogP contribution in [0.3, 0.4) is 0 Å². The normalized spacial score (nSPS) is 10.2. The first kappa shape index (κ1) is 14.8.